The average molecular weight is 237 g/mol. The van der Waals surface area contributed by atoms with Crippen molar-refractivity contribution in [3.8, 4) is 0 Å². The van der Waals surface area contributed by atoms with Crippen LogP contribution >= 0.6 is 0 Å². The van der Waals surface area contributed by atoms with Crippen LogP contribution in [0.25, 0.3) is 0 Å². The minimum atomic E-state index is -0.810. The molecule has 1 rings (SSSR count). The number of nitrogens with one attached hydrogen (secondary N) is 1. The van der Waals surface area contributed by atoms with Gasteiger partial charge in [-0.2, -0.15) is 0 Å². The van der Waals surface area contributed by atoms with Gasteiger partial charge in [0, 0.05) is 12.1 Å². The predicted octanol–water partition coefficient (Wildman–Crippen LogP) is 0.941. The molecule has 5 heteroatoms. The van der Waals surface area contributed by atoms with Crippen LogP contribution in [0, 0.1) is 0 Å². The van der Waals surface area contributed by atoms with Crippen LogP contribution < -0.4 is 16.8 Å². The summed E-state index contributed by atoms with van der Waals surface area (Å²) in [6, 6.07) is 4.77. The lowest BCUT2D eigenvalue weighted by Crippen LogP contribution is -2.32. The molecule has 1 aromatic rings. The molecule has 1 unspecified atom stereocenters. The van der Waals surface area contributed by atoms with Crippen molar-refractivity contribution in [1.82, 2.24) is 0 Å². The quantitative estimate of drug-likeness (QED) is 0.572. The molecule has 1 aromatic carbocycles. The summed E-state index contributed by atoms with van der Waals surface area (Å²) in [7, 11) is 0. The number of carbonyl (C=O) groups is 1. The van der Waals surface area contributed by atoms with Crippen molar-refractivity contribution < 1.29 is 9.90 Å². The molecule has 0 aliphatic carbocycles. The maximum atomic E-state index is 11.0. The van der Waals surface area contributed by atoms with Crippen molar-refractivity contribution in [2.24, 2.45) is 5.73 Å². The largest absolute Gasteiger partial charge is 0.397 e. The Bertz CT molecular complexity index is 416. The Morgan fingerprint density at radius 2 is 2.18 bits per heavy atom. The fraction of sp³-hybridized carbons (Fsp3) is 0.417. The molecule has 5 nitrogen and oxygen atoms in total. The molecule has 0 spiro atoms. The van der Waals surface area contributed by atoms with Crippen molar-refractivity contribution in [3.63, 3.8) is 0 Å². The van der Waals surface area contributed by atoms with Crippen molar-refractivity contribution >= 4 is 17.3 Å². The van der Waals surface area contributed by atoms with Crippen LogP contribution in [-0.2, 0) is 0 Å². The molecule has 6 N–H and O–H groups in total. The van der Waals surface area contributed by atoms with Crippen molar-refractivity contribution in [2.75, 3.05) is 17.6 Å². The van der Waals surface area contributed by atoms with E-state index in [1.165, 1.54) is 0 Å². The number of benzene rings is 1. The first-order valence-electron chi connectivity index (χ1n) is 5.51. The van der Waals surface area contributed by atoms with Gasteiger partial charge in [-0.05, 0) is 31.5 Å². The van der Waals surface area contributed by atoms with Gasteiger partial charge in [-0.25, -0.2) is 0 Å². The summed E-state index contributed by atoms with van der Waals surface area (Å²) in [5.74, 6) is -0.504. The van der Waals surface area contributed by atoms with Gasteiger partial charge in [0.05, 0.1) is 17.0 Å². The maximum Gasteiger partial charge on any atom is 0.248 e. The number of carbonyl (C=O) groups excluding carboxylic acids is 1. The van der Waals surface area contributed by atoms with E-state index in [0.717, 1.165) is 0 Å². The van der Waals surface area contributed by atoms with E-state index in [-0.39, 0.29) is 0 Å². The summed E-state index contributed by atoms with van der Waals surface area (Å²) in [4.78, 5) is 11.0. The summed E-state index contributed by atoms with van der Waals surface area (Å²) in [6.45, 7) is 3.98. The molecule has 0 saturated carbocycles. The maximum absolute atomic E-state index is 11.0. The van der Waals surface area contributed by atoms with Crippen LogP contribution in [0.5, 0.6) is 0 Å². The molecule has 0 fully saturated rings. The second-order valence-electron chi connectivity index (χ2n) is 4.37. The Morgan fingerprint density at radius 3 is 2.71 bits per heavy atom. The summed E-state index contributed by atoms with van der Waals surface area (Å²) < 4.78 is 0. The molecule has 0 bridgehead atoms. The molecule has 0 radical (unpaired) electrons. The van der Waals surface area contributed by atoms with Crippen molar-refractivity contribution in [3.05, 3.63) is 23.8 Å². The van der Waals surface area contributed by atoms with Gasteiger partial charge in [0.1, 0.15) is 0 Å². The SMILES string of the molecule is CCC(C)(O)CNc1cc(C(N)=O)ccc1N. The second-order valence-corrected chi connectivity index (χ2v) is 4.37. The summed E-state index contributed by atoms with van der Waals surface area (Å²) >= 11 is 0. The molecule has 0 aliphatic heterocycles. The zero-order valence-corrected chi connectivity index (χ0v) is 10.2. The number of rotatable bonds is 5. The first-order chi connectivity index (χ1) is 7.85. The van der Waals surface area contributed by atoms with Gasteiger partial charge >= 0.3 is 0 Å². The molecule has 0 heterocycles. The number of anilines is 2. The zero-order valence-electron chi connectivity index (χ0n) is 10.2. The highest BCUT2D eigenvalue weighted by Crippen LogP contribution is 2.21. The predicted molar refractivity (Wildman–Crippen MR) is 68.8 cm³/mol. The lowest BCUT2D eigenvalue weighted by Gasteiger charge is -2.23. The Balaban J connectivity index is 2.83. The standard InChI is InChI=1S/C12H19N3O2/c1-3-12(2,17)7-15-10-6-8(11(14)16)4-5-9(10)13/h4-6,15,17H,3,7,13H2,1-2H3,(H2,14,16). The lowest BCUT2D eigenvalue weighted by atomic mass is 10.0. The number of hydrogen-bond acceptors (Lipinski definition) is 4. The summed E-state index contributed by atoms with van der Waals surface area (Å²) in [5.41, 5.74) is 11.6. The Labute approximate surface area is 101 Å². The van der Waals surface area contributed by atoms with Gasteiger partial charge in [0.15, 0.2) is 0 Å². The number of aliphatic hydroxyl groups is 1. The molecule has 1 amide bonds. The highest BCUT2D eigenvalue weighted by atomic mass is 16.3. The van der Waals surface area contributed by atoms with E-state index in [0.29, 0.717) is 29.9 Å². The smallest absolute Gasteiger partial charge is 0.248 e. The van der Waals surface area contributed by atoms with Crippen LogP contribution in [-0.4, -0.2) is 23.2 Å². The van der Waals surface area contributed by atoms with E-state index in [1.54, 1.807) is 25.1 Å². The Kier molecular flexibility index (Phi) is 3.96. The van der Waals surface area contributed by atoms with Crippen LogP contribution in [0.1, 0.15) is 30.6 Å². The van der Waals surface area contributed by atoms with Crippen LogP contribution in [0.3, 0.4) is 0 Å². The van der Waals surface area contributed by atoms with Gasteiger partial charge in [-0.3, -0.25) is 4.79 Å². The monoisotopic (exact) mass is 237 g/mol. The first kappa shape index (κ1) is 13.3. The van der Waals surface area contributed by atoms with E-state index < -0.39 is 11.5 Å². The van der Waals surface area contributed by atoms with E-state index >= 15 is 0 Å². The molecule has 0 saturated heterocycles. The number of nitrogens with two attached hydrogens (primary N) is 2. The molecular weight excluding hydrogens is 218 g/mol. The third kappa shape index (κ3) is 3.64. The van der Waals surface area contributed by atoms with Crippen molar-refractivity contribution in [2.45, 2.75) is 25.9 Å². The number of primary amides is 1. The van der Waals surface area contributed by atoms with Crippen LogP contribution in [0.15, 0.2) is 18.2 Å². The van der Waals surface area contributed by atoms with E-state index in [9.17, 15) is 9.90 Å². The van der Waals surface area contributed by atoms with Crippen molar-refractivity contribution in [1.29, 1.82) is 0 Å². The molecule has 0 aromatic heterocycles. The third-order valence-electron chi connectivity index (χ3n) is 2.76. The normalized spacial score (nSPS) is 14.1. The molecule has 17 heavy (non-hydrogen) atoms. The minimum absolute atomic E-state index is 0.357. The topological polar surface area (TPSA) is 101 Å². The second kappa shape index (κ2) is 5.05. The average Bonchev–Trinajstić information content (AvgIpc) is 2.27. The highest BCUT2D eigenvalue weighted by molar-refractivity contribution is 5.94. The molecule has 1 atom stereocenters. The fourth-order valence-corrected chi connectivity index (χ4v) is 1.27. The van der Waals surface area contributed by atoms with Gasteiger partial charge in [-0.1, -0.05) is 6.92 Å². The van der Waals surface area contributed by atoms with Gasteiger partial charge in [-0.15, -0.1) is 0 Å². The Morgan fingerprint density at radius 1 is 1.53 bits per heavy atom. The molecule has 94 valence electrons. The van der Waals surface area contributed by atoms with Crippen LogP contribution in [0.2, 0.25) is 0 Å². The van der Waals surface area contributed by atoms with E-state index in [1.807, 2.05) is 6.92 Å². The number of amides is 1. The van der Waals surface area contributed by atoms with Gasteiger partial charge < -0.3 is 21.9 Å². The minimum Gasteiger partial charge on any atom is -0.397 e. The third-order valence-corrected chi connectivity index (χ3v) is 2.76. The molecular formula is C12H19N3O2. The first-order valence-corrected chi connectivity index (χ1v) is 5.51. The van der Waals surface area contributed by atoms with E-state index in [2.05, 4.69) is 5.32 Å². The lowest BCUT2D eigenvalue weighted by molar-refractivity contribution is 0.0697. The summed E-state index contributed by atoms with van der Waals surface area (Å²) in [5, 5.41) is 12.9. The van der Waals surface area contributed by atoms with Gasteiger partial charge in [0.2, 0.25) is 5.91 Å². The molecule has 0 aliphatic rings. The highest BCUT2D eigenvalue weighted by Gasteiger charge is 2.17. The van der Waals surface area contributed by atoms with E-state index in [4.69, 9.17) is 11.5 Å². The number of nitrogen functional groups attached to an aromatic ring is 1. The fourth-order valence-electron chi connectivity index (χ4n) is 1.27. The number of hydrogen-bond donors (Lipinski definition) is 4. The Hall–Kier alpha value is -1.75. The van der Waals surface area contributed by atoms with Gasteiger partial charge in [0.25, 0.3) is 0 Å². The zero-order chi connectivity index (χ0) is 13.1. The van der Waals surface area contributed by atoms with Crippen LogP contribution in [0.4, 0.5) is 11.4 Å². The summed E-state index contributed by atoms with van der Waals surface area (Å²) in [6.07, 6.45) is 0.620.